The van der Waals surface area contributed by atoms with Crippen LogP contribution in [0.25, 0.3) is 0 Å². The van der Waals surface area contributed by atoms with Gasteiger partial charge in [0, 0.05) is 23.6 Å². The molecule has 0 unspecified atom stereocenters. The maximum absolute atomic E-state index is 12.0. The molecule has 2 N–H and O–H groups in total. The molecule has 0 fully saturated rings. The molecule has 154 valence electrons. The Labute approximate surface area is 179 Å². The molecule has 0 saturated carbocycles. The topological polar surface area (TPSA) is 84.5 Å². The van der Waals surface area contributed by atoms with E-state index in [2.05, 4.69) is 10.6 Å². The highest BCUT2D eigenvalue weighted by molar-refractivity contribution is 6.35. The molecule has 0 spiro atoms. The predicted octanol–water partition coefficient (Wildman–Crippen LogP) is 4.90. The lowest BCUT2D eigenvalue weighted by Crippen LogP contribution is -2.21. The van der Waals surface area contributed by atoms with Gasteiger partial charge in [-0.2, -0.15) is 0 Å². The first-order chi connectivity index (χ1) is 13.7. The van der Waals surface area contributed by atoms with E-state index in [0.29, 0.717) is 22.2 Å². The lowest BCUT2D eigenvalue weighted by Gasteiger charge is -2.10. The summed E-state index contributed by atoms with van der Waals surface area (Å²) in [5, 5.41) is 6.10. The quantitative estimate of drug-likeness (QED) is 0.576. The lowest BCUT2D eigenvalue weighted by molar-refractivity contribution is -0.147. The van der Waals surface area contributed by atoms with Gasteiger partial charge in [0.2, 0.25) is 5.91 Å². The zero-order valence-corrected chi connectivity index (χ0v) is 17.7. The van der Waals surface area contributed by atoms with E-state index in [1.54, 1.807) is 12.1 Å². The summed E-state index contributed by atoms with van der Waals surface area (Å²) in [5.74, 6) is -1.27. The van der Waals surface area contributed by atoms with Gasteiger partial charge in [-0.1, -0.05) is 35.3 Å². The molecular weight excluding hydrogens is 415 g/mol. The first-order valence-electron chi connectivity index (χ1n) is 9.02. The van der Waals surface area contributed by atoms with Gasteiger partial charge in [0.15, 0.2) is 6.61 Å². The Morgan fingerprint density at radius 1 is 0.897 bits per heavy atom. The van der Waals surface area contributed by atoms with Gasteiger partial charge in [-0.3, -0.25) is 14.4 Å². The number of aryl methyl sites for hydroxylation is 2. The third kappa shape index (κ3) is 7.75. The van der Waals surface area contributed by atoms with Crippen LogP contribution in [0.5, 0.6) is 0 Å². The highest BCUT2D eigenvalue weighted by Crippen LogP contribution is 2.25. The molecule has 29 heavy (non-hydrogen) atoms. The van der Waals surface area contributed by atoms with Gasteiger partial charge in [0.05, 0.1) is 10.7 Å². The Kier molecular flexibility index (Phi) is 8.49. The van der Waals surface area contributed by atoms with Crippen molar-refractivity contribution in [2.75, 3.05) is 17.2 Å². The third-order valence-electron chi connectivity index (χ3n) is 4.02. The van der Waals surface area contributed by atoms with Gasteiger partial charge in [-0.25, -0.2) is 0 Å². The number of carbonyl (C=O) groups excluding carboxylic acids is 3. The van der Waals surface area contributed by atoms with E-state index in [1.165, 1.54) is 6.07 Å². The molecule has 0 heterocycles. The number of benzene rings is 2. The minimum absolute atomic E-state index is 0.0332. The Bertz CT molecular complexity index is 916. The van der Waals surface area contributed by atoms with Crippen LogP contribution in [0.2, 0.25) is 10.0 Å². The van der Waals surface area contributed by atoms with Crippen molar-refractivity contribution in [2.24, 2.45) is 0 Å². The van der Waals surface area contributed by atoms with Crippen molar-refractivity contribution >= 4 is 52.4 Å². The highest BCUT2D eigenvalue weighted by Gasteiger charge is 2.11. The van der Waals surface area contributed by atoms with Gasteiger partial charge in [0.25, 0.3) is 5.91 Å². The maximum Gasteiger partial charge on any atom is 0.306 e. The minimum Gasteiger partial charge on any atom is -0.456 e. The van der Waals surface area contributed by atoms with Gasteiger partial charge in [-0.15, -0.1) is 0 Å². The number of hydrogen-bond acceptors (Lipinski definition) is 4. The number of rotatable bonds is 8. The van der Waals surface area contributed by atoms with Crippen molar-refractivity contribution in [3.63, 3.8) is 0 Å². The molecule has 0 radical (unpaired) electrons. The van der Waals surface area contributed by atoms with E-state index in [9.17, 15) is 14.4 Å². The summed E-state index contributed by atoms with van der Waals surface area (Å²) >= 11 is 11.8. The van der Waals surface area contributed by atoms with E-state index in [4.69, 9.17) is 27.9 Å². The average molecular weight is 437 g/mol. The summed E-state index contributed by atoms with van der Waals surface area (Å²) in [6.07, 6.45) is 0.523. The van der Waals surface area contributed by atoms with Crippen molar-refractivity contribution < 1.29 is 19.1 Å². The standard InChI is InChI=1S/C21H22Cl2N2O4/c1-13-6-7-14(2)17(10-13)24-19(26)4-3-5-21(28)29-12-20(27)25-18-11-15(22)8-9-16(18)23/h6-11H,3-5,12H2,1-2H3,(H,24,26)(H,25,27). The largest absolute Gasteiger partial charge is 0.456 e. The number of carbonyl (C=O) groups is 3. The predicted molar refractivity (Wildman–Crippen MR) is 114 cm³/mol. The summed E-state index contributed by atoms with van der Waals surface area (Å²) < 4.78 is 4.92. The Hall–Kier alpha value is -2.57. The van der Waals surface area contributed by atoms with Crippen molar-refractivity contribution in [1.29, 1.82) is 0 Å². The number of anilines is 2. The van der Waals surface area contributed by atoms with Crippen LogP contribution in [0.3, 0.4) is 0 Å². The number of ether oxygens (including phenoxy) is 1. The first-order valence-corrected chi connectivity index (χ1v) is 9.78. The molecule has 0 aromatic heterocycles. The third-order valence-corrected chi connectivity index (χ3v) is 4.58. The number of halogens is 2. The lowest BCUT2D eigenvalue weighted by atomic mass is 10.1. The van der Waals surface area contributed by atoms with E-state index in [1.807, 2.05) is 32.0 Å². The molecule has 6 nitrogen and oxygen atoms in total. The minimum atomic E-state index is -0.558. The first kappa shape index (κ1) is 22.7. The van der Waals surface area contributed by atoms with Gasteiger partial charge < -0.3 is 15.4 Å². The smallest absolute Gasteiger partial charge is 0.306 e. The molecule has 0 atom stereocenters. The molecule has 2 rings (SSSR count). The molecule has 0 aliphatic carbocycles. The van der Waals surface area contributed by atoms with Crippen LogP contribution in [-0.2, 0) is 19.1 Å². The molecule has 0 aliphatic rings. The van der Waals surface area contributed by atoms with Crippen LogP contribution in [0.4, 0.5) is 11.4 Å². The second-order valence-corrected chi connectivity index (χ2v) is 7.40. The Morgan fingerprint density at radius 2 is 1.62 bits per heavy atom. The number of esters is 1. The molecule has 2 aromatic carbocycles. The van der Waals surface area contributed by atoms with Crippen LogP contribution >= 0.6 is 23.2 Å². The van der Waals surface area contributed by atoms with Crippen LogP contribution in [0.15, 0.2) is 36.4 Å². The Balaban J connectivity index is 1.69. The number of nitrogens with one attached hydrogen (secondary N) is 2. The second-order valence-electron chi connectivity index (χ2n) is 6.55. The second kappa shape index (κ2) is 10.8. The van der Waals surface area contributed by atoms with Crippen LogP contribution < -0.4 is 10.6 Å². The summed E-state index contributed by atoms with van der Waals surface area (Å²) in [6.45, 7) is 3.41. The van der Waals surface area contributed by atoms with E-state index >= 15 is 0 Å². The van der Waals surface area contributed by atoms with E-state index < -0.39 is 18.5 Å². The van der Waals surface area contributed by atoms with Gasteiger partial charge in [-0.05, 0) is 55.7 Å². The fourth-order valence-electron chi connectivity index (χ4n) is 2.47. The summed E-state index contributed by atoms with van der Waals surface area (Å²) in [5.41, 5.74) is 3.11. The number of hydrogen-bond donors (Lipinski definition) is 2. The van der Waals surface area contributed by atoms with Crippen LogP contribution in [-0.4, -0.2) is 24.4 Å². The Morgan fingerprint density at radius 3 is 2.38 bits per heavy atom. The molecule has 0 saturated heterocycles. The molecule has 0 aliphatic heterocycles. The normalized spacial score (nSPS) is 10.3. The van der Waals surface area contributed by atoms with Crippen molar-refractivity contribution in [3.05, 3.63) is 57.6 Å². The van der Waals surface area contributed by atoms with Crippen molar-refractivity contribution in [2.45, 2.75) is 33.1 Å². The fourth-order valence-corrected chi connectivity index (χ4v) is 2.81. The SMILES string of the molecule is Cc1ccc(C)c(NC(=O)CCCC(=O)OCC(=O)Nc2cc(Cl)ccc2Cl)c1. The summed E-state index contributed by atoms with van der Waals surface area (Å²) in [7, 11) is 0. The van der Waals surface area contributed by atoms with Crippen molar-refractivity contribution in [3.8, 4) is 0 Å². The maximum atomic E-state index is 12.0. The molecule has 8 heteroatoms. The molecule has 2 aromatic rings. The summed E-state index contributed by atoms with van der Waals surface area (Å²) in [6, 6.07) is 10.4. The monoisotopic (exact) mass is 436 g/mol. The molecular formula is C21H22Cl2N2O4. The molecule has 0 bridgehead atoms. The zero-order valence-electron chi connectivity index (χ0n) is 16.2. The van der Waals surface area contributed by atoms with Crippen LogP contribution in [0.1, 0.15) is 30.4 Å². The molecule has 2 amide bonds. The van der Waals surface area contributed by atoms with Crippen molar-refractivity contribution in [1.82, 2.24) is 0 Å². The number of amides is 2. The highest BCUT2D eigenvalue weighted by atomic mass is 35.5. The average Bonchev–Trinajstić information content (AvgIpc) is 2.66. The van der Waals surface area contributed by atoms with E-state index in [0.717, 1.165) is 16.8 Å². The van der Waals surface area contributed by atoms with Gasteiger partial charge >= 0.3 is 5.97 Å². The van der Waals surface area contributed by atoms with Crippen LogP contribution in [0, 0.1) is 13.8 Å². The summed E-state index contributed by atoms with van der Waals surface area (Å²) in [4.78, 5) is 35.7. The van der Waals surface area contributed by atoms with Gasteiger partial charge in [0.1, 0.15) is 0 Å². The zero-order chi connectivity index (χ0) is 21.4. The van der Waals surface area contributed by atoms with E-state index in [-0.39, 0.29) is 18.7 Å². The fraction of sp³-hybridized carbons (Fsp3) is 0.286.